The smallest absolute Gasteiger partial charge is 0.0207 e. The molecule has 0 aliphatic heterocycles. The SMILES string of the molecule is C=C/C=C(/C)C=N.CC.N. The van der Waals surface area contributed by atoms with Crippen LogP contribution in [0.3, 0.4) is 0 Å². The summed E-state index contributed by atoms with van der Waals surface area (Å²) in [4.78, 5) is 0. The van der Waals surface area contributed by atoms with Crippen LogP contribution in [-0.2, 0) is 0 Å². The molecular formula is C8H18N2. The van der Waals surface area contributed by atoms with Crippen molar-refractivity contribution < 1.29 is 0 Å². The summed E-state index contributed by atoms with van der Waals surface area (Å²) in [5, 5.41) is 6.67. The lowest BCUT2D eigenvalue weighted by molar-refractivity contribution is 1.50. The molecule has 60 valence electrons. The van der Waals surface area contributed by atoms with Crippen LogP contribution >= 0.6 is 0 Å². The van der Waals surface area contributed by atoms with E-state index >= 15 is 0 Å². The number of hydrogen-bond acceptors (Lipinski definition) is 2. The van der Waals surface area contributed by atoms with Gasteiger partial charge in [-0.05, 0) is 12.5 Å². The topological polar surface area (TPSA) is 58.9 Å². The van der Waals surface area contributed by atoms with Crippen LogP contribution < -0.4 is 6.15 Å². The minimum atomic E-state index is 0. The third kappa shape index (κ3) is 15.7. The van der Waals surface area contributed by atoms with Crippen molar-refractivity contribution in [1.29, 1.82) is 5.41 Å². The van der Waals surface area contributed by atoms with Gasteiger partial charge in [-0.15, -0.1) is 0 Å². The molecular weight excluding hydrogens is 124 g/mol. The summed E-state index contributed by atoms with van der Waals surface area (Å²) in [5.74, 6) is 0. The first-order chi connectivity index (χ1) is 4.31. The molecule has 2 nitrogen and oxygen atoms in total. The van der Waals surface area contributed by atoms with E-state index in [2.05, 4.69) is 6.58 Å². The van der Waals surface area contributed by atoms with E-state index in [0.717, 1.165) is 5.57 Å². The lowest BCUT2D eigenvalue weighted by Crippen LogP contribution is -1.69. The Kier molecular flexibility index (Phi) is 25.2. The van der Waals surface area contributed by atoms with Crippen LogP contribution in [0.2, 0.25) is 0 Å². The number of allylic oxidation sites excluding steroid dienone is 3. The molecule has 0 spiro atoms. The molecule has 0 aromatic heterocycles. The maximum atomic E-state index is 6.67. The van der Waals surface area contributed by atoms with Crippen molar-refractivity contribution in [3.63, 3.8) is 0 Å². The zero-order chi connectivity index (χ0) is 7.70. The first-order valence-corrected chi connectivity index (χ1v) is 3.11. The molecule has 0 heterocycles. The average Bonchev–Trinajstić information content (AvgIpc) is 1.93. The van der Waals surface area contributed by atoms with E-state index in [-0.39, 0.29) is 6.15 Å². The maximum absolute atomic E-state index is 6.67. The second-order valence-electron chi connectivity index (χ2n) is 1.29. The van der Waals surface area contributed by atoms with E-state index in [9.17, 15) is 0 Å². The Morgan fingerprint density at radius 2 is 1.80 bits per heavy atom. The Balaban J connectivity index is -0.000000149. The molecule has 10 heavy (non-hydrogen) atoms. The molecule has 0 atom stereocenters. The van der Waals surface area contributed by atoms with Gasteiger partial charge in [0.05, 0.1) is 0 Å². The number of hydrogen-bond donors (Lipinski definition) is 2. The quantitative estimate of drug-likeness (QED) is 0.452. The number of nitrogens with one attached hydrogen (secondary N) is 1. The van der Waals surface area contributed by atoms with Crippen molar-refractivity contribution in [3.05, 3.63) is 24.3 Å². The molecule has 2 heteroatoms. The largest absolute Gasteiger partial charge is 0.344 e. The van der Waals surface area contributed by atoms with E-state index < -0.39 is 0 Å². The molecule has 0 amide bonds. The molecule has 0 aromatic rings. The van der Waals surface area contributed by atoms with Gasteiger partial charge in [0, 0.05) is 6.21 Å². The highest BCUT2D eigenvalue weighted by Gasteiger charge is 1.70. The monoisotopic (exact) mass is 142 g/mol. The van der Waals surface area contributed by atoms with Crippen molar-refractivity contribution in [2.75, 3.05) is 0 Å². The van der Waals surface area contributed by atoms with Crippen LogP contribution in [0.15, 0.2) is 24.3 Å². The first kappa shape index (κ1) is 16.1. The summed E-state index contributed by atoms with van der Waals surface area (Å²) in [5.41, 5.74) is 0.926. The van der Waals surface area contributed by atoms with E-state index in [1.807, 2.05) is 20.8 Å². The lowest BCUT2D eigenvalue weighted by atomic mass is 10.3. The molecule has 0 saturated heterocycles. The summed E-state index contributed by atoms with van der Waals surface area (Å²) in [6, 6.07) is 0. The average molecular weight is 142 g/mol. The van der Waals surface area contributed by atoms with E-state index in [0.29, 0.717) is 0 Å². The lowest BCUT2D eigenvalue weighted by Gasteiger charge is -1.78. The molecule has 4 N–H and O–H groups in total. The fourth-order valence-corrected chi connectivity index (χ4v) is 0.234. The van der Waals surface area contributed by atoms with Crippen molar-refractivity contribution in [3.8, 4) is 0 Å². The van der Waals surface area contributed by atoms with Crippen molar-refractivity contribution >= 4 is 6.21 Å². The summed E-state index contributed by atoms with van der Waals surface area (Å²) in [7, 11) is 0. The van der Waals surface area contributed by atoms with Gasteiger partial charge < -0.3 is 11.6 Å². The normalized spacial score (nSPS) is 8.10. The summed E-state index contributed by atoms with van der Waals surface area (Å²) >= 11 is 0. The maximum Gasteiger partial charge on any atom is 0.0207 e. The fourth-order valence-electron chi connectivity index (χ4n) is 0.234. The second kappa shape index (κ2) is 15.7. The molecule has 0 saturated carbocycles. The van der Waals surface area contributed by atoms with Gasteiger partial charge in [-0.25, -0.2) is 0 Å². The van der Waals surface area contributed by atoms with Crippen LogP contribution in [0.4, 0.5) is 0 Å². The van der Waals surface area contributed by atoms with Crippen molar-refractivity contribution in [2.24, 2.45) is 0 Å². The van der Waals surface area contributed by atoms with E-state index in [1.54, 1.807) is 12.2 Å². The third-order valence-corrected chi connectivity index (χ3v) is 0.608. The Hall–Kier alpha value is -0.890. The zero-order valence-electron chi connectivity index (χ0n) is 7.15. The highest BCUT2D eigenvalue weighted by molar-refractivity contribution is 5.75. The summed E-state index contributed by atoms with van der Waals surface area (Å²) in [6.07, 6.45) is 4.75. The van der Waals surface area contributed by atoms with Gasteiger partial charge in [0.1, 0.15) is 0 Å². The Labute approximate surface area is 63.7 Å². The molecule has 0 radical (unpaired) electrons. The van der Waals surface area contributed by atoms with Gasteiger partial charge in [-0.2, -0.15) is 0 Å². The van der Waals surface area contributed by atoms with E-state index in [1.165, 1.54) is 6.21 Å². The van der Waals surface area contributed by atoms with Gasteiger partial charge in [0.2, 0.25) is 0 Å². The zero-order valence-corrected chi connectivity index (χ0v) is 7.15. The van der Waals surface area contributed by atoms with Crippen molar-refractivity contribution in [2.45, 2.75) is 20.8 Å². The number of rotatable bonds is 2. The van der Waals surface area contributed by atoms with Crippen LogP contribution in [-0.4, -0.2) is 6.21 Å². The third-order valence-electron chi connectivity index (χ3n) is 0.608. The minimum Gasteiger partial charge on any atom is -0.344 e. The summed E-state index contributed by atoms with van der Waals surface area (Å²) < 4.78 is 0. The van der Waals surface area contributed by atoms with E-state index in [4.69, 9.17) is 5.41 Å². The first-order valence-electron chi connectivity index (χ1n) is 3.11. The van der Waals surface area contributed by atoms with Crippen LogP contribution in [0.1, 0.15) is 20.8 Å². The molecule has 0 aliphatic rings. The Morgan fingerprint density at radius 1 is 1.40 bits per heavy atom. The van der Waals surface area contributed by atoms with Gasteiger partial charge in [0.25, 0.3) is 0 Å². The van der Waals surface area contributed by atoms with Crippen LogP contribution in [0, 0.1) is 5.41 Å². The highest BCUT2D eigenvalue weighted by atomic mass is 14.3. The summed E-state index contributed by atoms with van der Waals surface area (Å²) in [6.45, 7) is 9.32. The second-order valence-corrected chi connectivity index (χ2v) is 1.29. The van der Waals surface area contributed by atoms with Crippen molar-refractivity contribution in [1.82, 2.24) is 6.15 Å². The molecule has 0 aromatic carbocycles. The van der Waals surface area contributed by atoms with Gasteiger partial charge in [-0.1, -0.05) is 32.6 Å². The van der Waals surface area contributed by atoms with Gasteiger partial charge in [0.15, 0.2) is 0 Å². The molecule has 0 unspecified atom stereocenters. The molecule has 0 rings (SSSR count). The Bertz CT molecular complexity index is 104. The van der Waals surface area contributed by atoms with Crippen LogP contribution in [0.5, 0.6) is 0 Å². The Morgan fingerprint density at radius 3 is 1.90 bits per heavy atom. The molecule has 0 bridgehead atoms. The molecule has 0 fully saturated rings. The van der Waals surface area contributed by atoms with Gasteiger partial charge in [-0.3, -0.25) is 0 Å². The highest BCUT2D eigenvalue weighted by Crippen LogP contribution is 1.83. The fraction of sp³-hybridized carbons (Fsp3) is 0.375. The molecule has 0 aliphatic carbocycles. The predicted octanol–water partition coefficient (Wildman–Crippen LogP) is 2.96. The van der Waals surface area contributed by atoms with Crippen LogP contribution in [0.25, 0.3) is 0 Å². The van der Waals surface area contributed by atoms with Gasteiger partial charge >= 0.3 is 0 Å². The minimum absolute atomic E-state index is 0. The predicted molar refractivity (Wildman–Crippen MR) is 49.1 cm³/mol. The standard InChI is InChI=1S/C6H9N.C2H6.H3N/c1-3-4-6(2)5-7;1-2;/h3-5,7H,1H2,2H3;1-2H3;1H3/b6-4-,7-5?;;.